The van der Waals surface area contributed by atoms with Crippen molar-refractivity contribution in [3.8, 4) is 5.88 Å². The number of hydrogen-bond donors (Lipinski definition) is 0. The quantitative estimate of drug-likeness (QED) is 0.600. The van der Waals surface area contributed by atoms with E-state index in [-0.39, 0.29) is 0 Å². The second-order valence-electron chi connectivity index (χ2n) is 4.94. The van der Waals surface area contributed by atoms with Crippen molar-refractivity contribution >= 4 is 5.78 Å². The summed E-state index contributed by atoms with van der Waals surface area (Å²) >= 11 is 0. The minimum atomic E-state index is 0.308. The number of carbonyl (C=O) groups is 1. The summed E-state index contributed by atoms with van der Waals surface area (Å²) in [5, 5.41) is 0. The number of Topliss-reactive ketones (excluding diaryl/α,β-unsaturated/α-hetero) is 1. The van der Waals surface area contributed by atoms with Gasteiger partial charge in [0.1, 0.15) is 5.78 Å². The van der Waals surface area contributed by atoms with E-state index < -0.39 is 0 Å². The highest BCUT2D eigenvalue weighted by Crippen LogP contribution is 2.11. The molecule has 0 atom stereocenters. The number of pyridine rings is 1. The first kappa shape index (κ1) is 15.7. The van der Waals surface area contributed by atoms with Crippen LogP contribution in [0.15, 0.2) is 18.3 Å². The van der Waals surface area contributed by atoms with Crippen LogP contribution >= 0.6 is 0 Å². The molecular formula is C16H25NO2. The Balaban J connectivity index is 2.16. The fraction of sp³-hybridized carbons (Fsp3) is 0.625. The molecular weight excluding hydrogens is 238 g/mol. The molecule has 0 saturated carbocycles. The zero-order valence-electron chi connectivity index (χ0n) is 12.2. The Morgan fingerprint density at radius 1 is 1.16 bits per heavy atom. The van der Waals surface area contributed by atoms with E-state index in [9.17, 15) is 4.79 Å². The van der Waals surface area contributed by atoms with Gasteiger partial charge < -0.3 is 4.74 Å². The first-order chi connectivity index (χ1) is 9.26. The Bertz CT molecular complexity index is 360. The van der Waals surface area contributed by atoms with Gasteiger partial charge in [0, 0.05) is 25.1 Å². The predicted octanol–water partition coefficient (Wildman–Crippen LogP) is 3.95. The van der Waals surface area contributed by atoms with Crippen molar-refractivity contribution < 1.29 is 9.53 Å². The number of carbonyl (C=O) groups excluding carboxylic acids is 1. The van der Waals surface area contributed by atoms with Crippen LogP contribution in [0.3, 0.4) is 0 Å². The lowest BCUT2D eigenvalue weighted by molar-refractivity contribution is -0.118. The zero-order valence-corrected chi connectivity index (χ0v) is 12.2. The van der Waals surface area contributed by atoms with E-state index in [0.717, 1.165) is 12.0 Å². The van der Waals surface area contributed by atoms with Crippen molar-refractivity contribution in [2.24, 2.45) is 0 Å². The molecule has 106 valence electrons. The molecule has 0 aliphatic heterocycles. The van der Waals surface area contributed by atoms with Crippen LogP contribution in [-0.2, 0) is 11.2 Å². The van der Waals surface area contributed by atoms with Crippen molar-refractivity contribution in [3.05, 3.63) is 23.9 Å². The Morgan fingerprint density at radius 2 is 1.89 bits per heavy atom. The van der Waals surface area contributed by atoms with E-state index in [4.69, 9.17) is 4.74 Å². The zero-order chi connectivity index (χ0) is 13.9. The van der Waals surface area contributed by atoms with Gasteiger partial charge in [-0.05, 0) is 12.0 Å². The minimum Gasteiger partial charge on any atom is -0.481 e. The lowest BCUT2D eigenvalue weighted by Crippen LogP contribution is -2.03. The maximum atomic E-state index is 11.8. The molecule has 1 rings (SSSR count). The second-order valence-corrected chi connectivity index (χ2v) is 4.94. The van der Waals surface area contributed by atoms with Gasteiger partial charge >= 0.3 is 0 Å². The fourth-order valence-electron chi connectivity index (χ4n) is 2.05. The SMILES string of the molecule is CCCCCCCCC(=O)Cc1ccc(OC)nc1. The molecule has 0 bridgehead atoms. The van der Waals surface area contributed by atoms with Crippen LogP contribution in [0, 0.1) is 0 Å². The molecule has 0 aliphatic rings. The summed E-state index contributed by atoms with van der Waals surface area (Å²) < 4.78 is 4.99. The van der Waals surface area contributed by atoms with Crippen molar-refractivity contribution in [2.45, 2.75) is 58.3 Å². The molecule has 0 aromatic carbocycles. The average molecular weight is 263 g/mol. The van der Waals surface area contributed by atoms with Gasteiger partial charge in [-0.25, -0.2) is 4.98 Å². The summed E-state index contributed by atoms with van der Waals surface area (Å²) in [6.45, 7) is 2.21. The van der Waals surface area contributed by atoms with Gasteiger partial charge in [0.15, 0.2) is 0 Å². The van der Waals surface area contributed by atoms with Crippen LogP contribution in [0.1, 0.15) is 57.4 Å². The van der Waals surface area contributed by atoms with Crippen LogP contribution in [0.25, 0.3) is 0 Å². The number of methoxy groups -OCH3 is 1. The number of hydrogen-bond acceptors (Lipinski definition) is 3. The minimum absolute atomic E-state index is 0.308. The molecule has 3 nitrogen and oxygen atoms in total. The topological polar surface area (TPSA) is 39.2 Å². The molecule has 0 amide bonds. The van der Waals surface area contributed by atoms with Gasteiger partial charge in [0.2, 0.25) is 5.88 Å². The van der Waals surface area contributed by atoms with Gasteiger partial charge in [-0.2, -0.15) is 0 Å². The normalized spacial score (nSPS) is 10.4. The highest BCUT2D eigenvalue weighted by atomic mass is 16.5. The molecule has 3 heteroatoms. The first-order valence-electron chi connectivity index (χ1n) is 7.27. The van der Waals surface area contributed by atoms with E-state index >= 15 is 0 Å². The summed E-state index contributed by atoms with van der Waals surface area (Å²) in [7, 11) is 1.59. The van der Waals surface area contributed by atoms with Crippen molar-refractivity contribution in [2.75, 3.05) is 7.11 Å². The maximum Gasteiger partial charge on any atom is 0.212 e. The summed E-state index contributed by atoms with van der Waals surface area (Å²) in [6, 6.07) is 3.71. The van der Waals surface area contributed by atoms with Gasteiger partial charge in [-0.3, -0.25) is 4.79 Å². The third kappa shape index (κ3) is 6.94. The molecule has 0 saturated heterocycles. The average Bonchev–Trinajstić information content (AvgIpc) is 2.43. The third-order valence-electron chi connectivity index (χ3n) is 3.22. The van der Waals surface area contributed by atoms with Crippen LogP contribution in [0.4, 0.5) is 0 Å². The lowest BCUT2D eigenvalue weighted by atomic mass is 10.0. The molecule has 1 aromatic heterocycles. The first-order valence-corrected chi connectivity index (χ1v) is 7.27. The summed E-state index contributed by atoms with van der Waals surface area (Å²) in [5.41, 5.74) is 0.969. The number of nitrogens with zero attached hydrogens (tertiary/aromatic N) is 1. The predicted molar refractivity (Wildman–Crippen MR) is 77.5 cm³/mol. The van der Waals surface area contributed by atoms with Gasteiger partial charge in [-0.15, -0.1) is 0 Å². The molecule has 1 aromatic rings. The van der Waals surface area contributed by atoms with Gasteiger partial charge in [-0.1, -0.05) is 45.1 Å². The largest absolute Gasteiger partial charge is 0.481 e. The number of unbranched alkanes of at least 4 members (excludes halogenated alkanes) is 5. The fourth-order valence-corrected chi connectivity index (χ4v) is 2.05. The molecule has 0 N–H and O–H groups in total. The summed E-state index contributed by atoms with van der Waals surface area (Å²) in [5.74, 6) is 0.898. The smallest absolute Gasteiger partial charge is 0.212 e. The third-order valence-corrected chi connectivity index (χ3v) is 3.22. The van der Waals surface area contributed by atoms with E-state index in [2.05, 4.69) is 11.9 Å². The van der Waals surface area contributed by atoms with Gasteiger partial charge in [0.05, 0.1) is 7.11 Å². The summed E-state index contributed by atoms with van der Waals surface area (Å²) in [4.78, 5) is 15.9. The van der Waals surface area contributed by atoms with E-state index in [1.807, 2.05) is 6.07 Å². The number of aromatic nitrogens is 1. The second kappa shape index (κ2) is 9.54. The van der Waals surface area contributed by atoms with Crippen molar-refractivity contribution in [3.63, 3.8) is 0 Å². The molecule has 0 fully saturated rings. The van der Waals surface area contributed by atoms with E-state index in [1.54, 1.807) is 19.4 Å². The van der Waals surface area contributed by atoms with Crippen LogP contribution < -0.4 is 4.74 Å². The van der Waals surface area contributed by atoms with E-state index in [0.29, 0.717) is 24.5 Å². The highest BCUT2D eigenvalue weighted by molar-refractivity contribution is 5.80. The number of rotatable bonds is 10. The van der Waals surface area contributed by atoms with Crippen LogP contribution in [0.5, 0.6) is 5.88 Å². The van der Waals surface area contributed by atoms with Crippen molar-refractivity contribution in [1.82, 2.24) is 4.98 Å². The molecule has 0 unspecified atom stereocenters. The van der Waals surface area contributed by atoms with Crippen LogP contribution in [-0.4, -0.2) is 17.9 Å². The Hall–Kier alpha value is -1.38. The van der Waals surface area contributed by atoms with E-state index in [1.165, 1.54) is 32.1 Å². The molecule has 0 radical (unpaired) electrons. The van der Waals surface area contributed by atoms with Crippen LogP contribution in [0.2, 0.25) is 0 Å². The molecule has 0 spiro atoms. The van der Waals surface area contributed by atoms with Gasteiger partial charge in [0.25, 0.3) is 0 Å². The van der Waals surface area contributed by atoms with Crippen molar-refractivity contribution in [1.29, 1.82) is 0 Å². The Labute approximate surface area is 116 Å². The number of ether oxygens (including phenoxy) is 1. The standard InChI is InChI=1S/C16H25NO2/c1-3-4-5-6-7-8-9-15(18)12-14-10-11-16(19-2)17-13-14/h10-11,13H,3-9,12H2,1-2H3. The maximum absolute atomic E-state index is 11.8. The Kier molecular flexibility index (Phi) is 7.87. The monoisotopic (exact) mass is 263 g/mol. The molecule has 19 heavy (non-hydrogen) atoms. The molecule has 1 heterocycles. The highest BCUT2D eigenvalue weighted by Gasteiger charge is 2.04. The molecule has 0 aliphatic carbocycles. The Morgan fingerprint density at radius 3 is 2.53 bits per heavy atom. The number of ketones is 1. The summed E-state index contributed by atoms with van der Waals surface area (Å²) in [6.07, 6.45) is 10.2. The lowest BCUT2D eigenvalue weighted by Gasteiger charge is -2.03.